The van der Waals surface area contributed by atoms with Crippen molar-refractivity contribution in [1.29, 1.82) is 0 Å². The molecular formula is C18H22N2OS. The van der Waals surface area contributed by atoms with Crippen molar-refractivity contribution in [2.45, 2.75) is 25.2 Å². The standard InChI is InChI=1S/C18H22N2OS/c1-13-8-9-15(14(2)12-13)10-11-19-18(21)20-16-6-4-5-7-17(16)22-3/h4-9,12H,10-11H2,1-3H3,(H2,19,20,21). The molecule has 0 atom stereocenters. The molecule has 0 bridgehead atoms. The second-order valence-corrected chi connectivity index (χ2v) is 6.11. The Morgan fingerprint density at radius 2 is 1.91 bits per heavy atom. The van der Waals surface area contributed by atoms with Crippen LogP contribution in [-0.4, -0.2) is 18.8 Å². The summed E-state index contributed by atoms with van der Waals surface area (Å²) in [6.07, 6.45) is 2.84. The number of nitrogens with one attached hydrogen (secondary N) is 2. The highest BCUT2D eigenvalue weighted by atomic mass is 32.2. The topological polar surface area (TPSA) is 41.1 Å². The molecule has 0 heterocycles. The Bertz CT molecular complexity index is 655. The molecule has 0 saturated heterocycles. The second kappa shape index (κ2) is 7.90. The van der Waals surface area contributed by atoms with Crippen LogP contribution in [0.5, 0.6) is 0 Å². The molecule has 0 spiro atoms. The van der Waals surface area contributed by atoms with Crippen LogP contribution < -0.4 is 10.6 Å². The molecule has 0 fully saturated rings. The quantitative estimate of drug-likeness (QED) is 0.804. The zero-order valence-electron chi connectivity index (χ0n) is 13.3. The lowest BCUT2D eigenvalue weighted by molar-refractivity contribution is 0.252. The molecule has 3 nitrogen and oxygen atoms in total. The molecule has 2 aromatic rings. The van der Waals surface area contributed by atoms with Crippen LogP contribution in [0.2, 0.25) is 0 Å². The normalized spacial score (nSPS) is 10.3. The van der Waals surface area contributed by atoms with Crippen molar-refractivity contribution in [1.82, 2.24) is 5.32 Å². The number of anilines is 1. The van der Waals surface area contributed by atoms with Crippen LogP contribution in [0.1, 0.15) is 16.7 Å². The van der Waals surface area contributed by atoms with E-state index < -0.39 is 0 Å². The molecule has 0 aliphatic carbocycles. The number of carbonyl (C=O) groups is 1. The first-order valence-electron chi connectivity index (χ1n) is 7.34. The van der Waals surface area contributed by atoms with E-state index in [-0.39, 0.29) is 6.03 Å². The van der Waals surface area contributed by atoms with Crippen LogP contribution in [0.4, 0.5) is 10.5 Å². The number of carbonyl (C=O) groups excluding carboxylic acids is 1. The van der Waals surface area contributed by atoms with Gasteiger partial charge in [-0.1, -0.05) is 35.9 Å². The Hall–Kier alpha value is -1.94. The first-order chi connectivity index (χ1) is 10.6. The van der Waals surface area contributed by atoms with Crippen molar-refractivity contribution in [3.05, 3.63) is 59.2 Å². The molecule has 2 amide bonds. The lowest BCUT2D eigenvalue weighted by atomic mass is 10.0. The Balaban J connectivity index is 1.85. The number of thioether (sulfide) groups is 1. The highest BCUT2D eigenvalue weighted by Crippen LogP contribution is 2.24. The number of benzene rings is 2. The molecule has 116 valence electrons. The van der Waals surface area contributed by atoms with Crippen molar-refractivity contribution in [3.8, 4) is 0 Å². The highest BCUT2D eigenvalue weighted by Gasteiger charge is 2.05. The lowest BCUT2D eigenvalue weighted by Gasteiger charge is -2.11. The van der Waals surface area contributed by atoms with Crippen LogP contribution >= 0.6 is 11.8 Å². The Kier molecular flexibility index (Phi) is 5.90. The molecule has 0 saturated carbocycles. The van der Waals surface area contributed by atoms with Gasteiger partial charge in [0.25, 0.3) is 0 Å². The van der Waals surface area contributed by atoms with Crippen LogP contribution in [0.15, 0.2) is 47.4 Å². The zero-order valence-corrected chi connectivity index (χ0v) is 14.1. The van der Waals surface area contributed by atoms with E-state index in [1.54, 1.807) is 11.8 Å². The molecule has 0 radical (unpaired) electrons. The smallest absolute Gasteiger partial charge is 0.319 e. The number of urea groups is 1. The molecule has 4 heteroatoms. The average Bonchev–Trinajstić information content (AvgIpc) is 2.50. The number of rotatable bonds is 5. The third-order valence-electron chi connectivity index (χ3n) is 3.53. The van der Waals surface area contributed by atoms with Crippen LogP contribution in [0, 0.1) is 13.8 Å². The minimum Gasteiger partial charge on any atom is -0.338 e. The van der Waals surface area contributed by atoms with E-state index in [0.717, 1.165) is 17.0 Å². The zero-order chi connectivity index (χ0) is 15.9. The van der Waals surface area contributed by atoms with Gasteiger partial charge in [-0.15, -0.1) is 11.8 Å². The minimum atomic E-state index is -0.161. The predicted molar refractivity (Wildman–Crippen MR) is 94.9 cm³/mol. The van der Waals surface area contributed by atoms with E-state index >= 15 is 0 Å². The van der Waals surface area contributed by atoms with Crippen molar-refractivity contribution in [2.24, 2.45) is 0 Å². The number of para-hydroxylation sites is 1. The fraction of sp³-hybridized carbons (Fsp3) is 0.278. The van der Waals surface area contributed by atoms with Crippen molar-refractivity contribution in [2.75, 3.05) is 18.1 Å². The maximum absolute atomic E-state index is 12.0. The van der Waals surface area contributed by atoms with Gasteiger partial charge in [0, 0.05) is 11.4 Å². The molecule has 0 unspecified atom stereocenters. The summed E-state index contributed by atoms with van der Waals surface area (Å²) in [5.74, 6) is 0. The van der Waals surface area contributed by atoms with Crippen LogP contribution in [0.25, 0.3) is 0 Å². The number of hydrogen-bond donors (Lipinski definition) is 2. The van der Waals surface area contributed by atoms with E-state index in [2.05, 4.69) is 42.7 Å². The molecule has 2 aromatic carbocycles. The SMILES string of the molecule is CSc1ccccc1NC(=O)NCCc1ccc(C)cc1C. The monoisotopic (exact) mass is 314 g/mol. The van der Waals surface area contributed by atoms with Gasteiger partial charge in [-0.05, 0) is 49.8 Å². The van der Waals surface area contributed by atoms with Gasteiger partial charge < -0.3 is 10.6 Å². The Morgan fingerprint density at radius 1 is 1.14 bits per heavy atom. The second-order valence-electron chi connectivity index (χ2n) is 5.26. The molecule has 2 rings (SSSR count). The van der Waals surface area contributed by atoms with Gasteiger partial charge in [0.05, 0.1) is 5.69 Å². The fourth-order valence-electron chi connectivity index (χ4n) is 2.35. The van der Waals surface area contributed by atoms with Gasteiger partial charge in [-0.3, -0.25) is 0 Å². The van der Waals surface area contributed by atoms with E-state index in [0.29, 0.717) is 6.54 Å². The number of aryl methyl sites for hydroxylation is 2. The summed E-state index contributed by atoms with van der Waals surface area (Å²) in [5, 5.41) is 5.81. The number of amides is 2. The third-order valence-corrected chi connectivity index (χ3v) is 4.33. The van der Waals surface area contributed by atoms with Gasteiger partial charge in [-0.25, -0.2) is 4.79 Å². The van der Waals surface area contributed by atoms with E-state index in [1.165, 1.54) is 16.7 Å². The summed E-state index contributed by atoms with van der Waals surface area (Å²) < 4.78 is 0. The maximum atomic E-state index is 12.0. The summed E-state index contributed by atoms with van der Waals surface area (Å²) in [7, 11) is 0. The summed E-state index contributed by atoms with van der Waals surface area (Å²) >= 11 is 1.62. The summed E-state index contributed by atoms with van der Waals surface area (Å²) in [6.45, 7) is 4.82. The summed E-state index contributed by atoms with van der Waals surface area (Å²) in [5.41, 5.74) is 4.66. The van der Waals surface area contributed by atoms with E-state index in [1.807, 2.05) is 30.5 Å². The third kappa shape index (κ3) is 4.53. The molecular weight excluding hydrogens is 292 g/mol. The van der Waals surface area contributed by atoms with Gasteiger partial charge in [0.15, 0.2) is 0 Å². The summed E-state index contributed by atoms with van der Waals surface area (Å²) in [6, 6.07) is 14.0. The van der Waals surface area contributed by atoms with Crippen LogP contribution in [0.3, 0.4) is 0 Å². The largest absolute Gasteiger partial charge is 0.338 e. The predicted octanol–water partition coefficient (Wildman–Crippen LogP) is 4.39. The van der Waals surface area contributed by atoms with Crippen LogP contribution in [-0.2, 0) is 6.42 Å². The first-order valence-corrected chi connectivity index (χ1v) is 8.56. The lowest BCUT2D eigenvalue weighted by Crippen LogP contribution is -2.30. The van der Waals surface area contributed by atoms with Gasteiger partial charge in [-0.2, -0.15) is 0 Å². The molecule has 22 heavy (non-hydrogen) atoms. The first kappa shape index (κ1) is 16.4. The van der Waals surface area contributed by atoms with E-state index in [4.69, 9.17) is 0 Å². The highest BCUT2D eigenvalue weighted by molar-refractivity contribution is 7.98. The van der Waals surface area contributed by atoms with Crippen molar-refractivity contribution in [3.63, 3.8) is 0 Å². The summed E-state index contributed by atoms with van der Waals surface area (Å²) in [4.78, 5) is 13.0. The molecule has 0 aromatic heterocycles. The van der Waals surface area contributed by atoms with Crippen molar-refractivity contribution < 1.29 is 4.79 Å². The average molecular weight is 314 g/mol. The Morgan fingerprint density at radius 3 is 2.64 bits per heavy atom. The van der Waals surface area contributed by atoms with Gasteiger partial charge in [0.1, 0.15) is 0 Å². The molecule has 0 aliphatic rings. The van der Waals surface area contributed by atoms with Gasteiger partial charge >= 0.3 is 6.03 Å². The van der Waals surface area contributed by atoms with Crippen molar-refractivity contribution >= 4 is 23.5 Å². The minimum absolute atomic E-state index is 0.161. The fourth-order valence-corrected chi connectivity index (χ4v) is 2.91. The Labute approximate surface area is 136 Å². The maximum Gasteiger partial charge on any atom is 0.319 e. The molecule has 2 N–H and O–H groups in total. The van der Waals surface area contributed by atoms with E-state index in [9.17, 15) is 4.79 Å². The molecule has 0 aliphatic heterocycles. The number of hydrogen-bond acceptors (Lipinski definition) is 2. The van der Waals surface area contributed by atoms with Gasteiger partial charge in [0.2, 0.25) is 0 Å².